The summed E-state index contributed by atoms with van der Waals surface area (Å²) >= 11 is 1.45. The first-order valence-electron chi connectivity index (χ1n) is 3.31. The monoisotopic (exact) mass is 157 g/mol. The highest BCUT2D eigenvalue weighted by Crippen LogP contribution is 2.17. The van der Waals surface area contributed by atoms with Crippen molar-refractivity contribution >= 4 is 11.5 Å². The zero-order valence-electron chi connectivity index (χ0n) is 5.95. The Bertz CT molecular complexity index is 173. The van der Waals surface area contributed by atoms with Gasteiger partial charge in [-0.1, -0.05) is 6.92 Å². The molecule has 0 fully saturated rings. The van der Waals surface area contributed by atoms with Gasteiger partial charge in [-0.2, -0.15) is 4.37 Å². The average Bonchev–Trinajstić information content (AvgIpc) is 2.38. The Kier molecular flexibility index (Phi) is 2.77. The highest BCUT2D eigenvalue weighted by Gasteiger charge is 2.06. The van der Waals surface area contributed by atoms with Crippen LogP contribution in [0.4, 0.5) is 0 Å². The maximum atomic E-state index is 5.39. The van der Waals surface area contributed by atoms with Crippen LogP contribution in [0.3, 0.4) is 0 Å². The zero-order chi connectivity index (χ0) is 7.40. The third-order valence-corrected chi connectivity index (χ3v) is 2.29. The van der Waals surface area contributed by atoms with Gasteiger partial charge >= 0.3 is 0 Å². The van der Waals surface area contributed by atoms with Crippen LogP contribution >= 0.6 is 11.5 Å². The van der Waals surface area contributed by atoms with Gasteiger partial charge in [0.05, 0.1) is 0 Å². The van der Waals surface area contributed by atoms with Crippen LogP contribution in [0, 0.1) is 0 Å². The average molecular weight is 157 g/mol. The molecule has 1 aromatic heterocycles. The van der Waals surface area contributed by atoms with E-state index in [9.17, 15) is 0 Å². The van der Waals surface area contributed by atoms with Crippen LogP contribution in [0.5, 0.6) is 0 Å². The summed E-state index contributed by atoms with van der Waals surface area (Å²) < 4.78 is 3.92. The second-order valence-electron chi connectivity index (χ2n) is 2.26. The van der Waals surface area contributed by atoms with Crippen molar-refractivity contribution < 1.29 is 0 Å². The molecule has 1 heterocycles. The topological polar surface area (TPSA) is 51.8 Å². The van der Waals surface area contributed by atoms with Gasteiger partial charge in [-0.25, -0.2) is 4.98 Å². The van der Waals surface area contributed by atoms with E-state index < -0.39 is 0 Å². The number of hydrogen-bond donors (Lipinski definition) is 1. The number of rotatable bonds is 3. The van der Waals surface area contributed by atoms with E-state index in [4.69, 9.17) is 5.73 Å². The quantitative estimate of drug-likeness (QED) is 0.712. The molecule has 0 amide bonds. The summed E-state index contributed by atoms with van der Waals surface area (Å²) in [7, 11) is 0. The molecule has 0 aromatic carbocycles. The molecule has 56 valence electrons. The second-order valence-corrected chi connectivity index (χ2v) is 3.07. The van der Waals surface area contributed by atoms with Crippen LogP contribution in [0.1, 0.15) is 24.3 Å². The Balaban J connectivity index is 2.50. The van der Waals surface area contributed by atoms with Crippen molar-refractivity contribution in [3.63, 3.8) is 0 Å². The van der Waals surface area contributed by atoms with Gasteiger partial charge < -0.3 is 5.73 Å². The van der Waals surface area contributed by atoms with Crippen molar-refractivity contribution in [2.45, 2.75) is 19.3 Å². The lowest BCUT2D eigenvalue weighted by Gasteiger charge is -2.02. The molecule has 0 saturated heterocycles. The molecule has 0 bridgehead atoms. The highest BCUT2D eigenvalue weighted by atomic mass is 32.1. The SMILES string of the molecule is CC(CCN)c1ncns1. The van der Waals surface area contributed by atoms with E-state index >= 15 is 0 Å². The van der Waals surface area contributed by atoms with E-state index in [1.165, 1.54) is 11.5 Å². The van der Waals surface area contributed by atoms with E-state index in [0.717, 1.165) is 18.0 Å². The molecule has 1 atom stereocenters. The number of aromatic nitrogens is 2. The van der Waals surface area contributed by atoms with Gasteiger partial charge in [0.25, 0.3) is 0 Å². The Labute approximate surface area is 64.5 Å². The molecule has 1 aromatic rings. The smallest absolute Gasteiger partial charge is 0.129 e. The van der Waals surface area contributed by atoms with E-state index in [1.54, 1.807) is 6.33 Å². The maximum absolute atomic E-state index is 5.39. The summed E-state index contributed by atoms with van der Waals surface area (Å²) in [5.74, 6) is 0.470. The lowest BCUT2D eigenvalue weighted by Crippen LogP contribution is -2.03. The van der Waals surface area contributed by atoms with Gasteiger partial charge in [0.15, 0.2) is 0 Å². The molecular weight excluding hydrogens is 146 g/mol. The number of hydrogen-bond acceptors (Lipinski definition) is 4. The molecule has 0 aliphatic carbocycles. The summed E-state index contributed by atoms with van der Waals surface area (Å²) in [6.45, 7) is 2.84. The number of nitrogens with zero attached hydrogens (tertiary/aromatic N) is 2. The molecule has 3 nitrogen and oxygen atoms in total. The second kappa shape index (κ2) is 3.63. The van der Waals surface area contributed by atoms with Crippen molar-refractivity contribution in [2.24, 2.45) is 5.73 Å². The molecule has 0 radical (unpaired) electrons. The fourth-order valence-electron chi connectivity index (χ4n) is 0.772. The molecule has 0 saturated carbocycles. The summed E-state index contributed by atoms with van der Waals surface area (Å²) in [6.07, 6.45) is 2.59. The Morgan fingerprint density at radius 2 is 2.60 bits per heavy atom. The van der Waals surface area contributed by atoms with Crippen LogP contribution in [0.25, 0.3) is 0 Å². The van der Waals surface area contributed by atoms with E-state index in [1.807, 2.05) is 0 Å². The molecule has 4 heteroatoms. The predicted molar refractivity (Wildman–Crippen MR) is 42.0 cm³/mol. The van der Waals surface area contributed by atoms with Crippen LogP contribution in [-0.2, 0) is 0 Å². The van der Waals surface area contributed by atoms with Crippen molar-refractivity contribution in [3.8, 4) is 0 Å². The van der Waals surface area contributed by atoms with E-state index in [0.29, 0.717) is 5.92 Å². The minimum absolute atomic E-state index is 0.470. The summed E-state index contributed by atoms with van der Waals surface area (Å²) in [5, 5.41) is 1.09. The molecule has 1 unspecified atom stereocenters. The molecule has 0 spiro atoms. The predicted octanol–water partition coefficient (Wildman–Crippen LogP) is 0.990. The first-order chi connectivity index (χ1) is 4.84. The highest BCUT2D eigenvalue weighted by molar-refractivity contribution is 7.05. The first kappa shape index (κ1) is 7.63. The molecular formula is C6H11N3S. The van der Waals surface area contributed by atoms with Gasteiger partial charge in [-0.15, -0.1) is 0 Å². The largest absolute Gasteiger partial charge is 0.330 e. The third kappa shape index (κ3) is 1.75. The minimum Gasteiger partial charge on any atom is -0.330 e. The third-order valence-electron chi connectivity index (χ3n) is 1.40. The molecule has 1 rings (SSSR count). The Hall–Kier alpha value is -0.480. The lowest BCUT2D eigenvalue weighted by atomic mass is 10.1. The molecule has 10 heavy (non-hydrogen) atoms. The normalized spacial score (nSPS) is 13.4. The summed E-state index contributed by atoms with van der Waals surface area (Å²) in [6, 6.07) is 0. The van der Waals surface area contributed by atoms with Gasteiger partial charge in [-0.05, 0) is 24.5 Å². The fraction of sp³-hybridized carbons (Fsp3) is 0.667. The van der Waals surface area contributed by atoms with Gasteiger partial charge in [0.1, 0.15) is 11.3 Å². The lowest BCUT2D eigenvalue weighted by molar-refractivity contribution is 0.685. The fourth-order valence-corrected chi connectivity index (χ4v) is 1.37. The first-order valence-corrected chi connectivity index (χ1v) is 4.08. The van der Waals surface area contributed by atoms with Crippen LogP contribution in [-0.4, -0.2) is 15.9 Å². The summed E-state index contributed by atoms with van der Waals surface area (Å²) in [4.78, 5) is 4.09. The molecule has 2 N–H and O–H groups in total. The van der Waals surface area contributed by atoms with Gasteiger partial charge in [0.2, 0.25) is 0 Å². The van der Waals surface area contributed by atoms with Crippen LogP contribution in [0.2, 0.25) is 0 Å². The van der Waals surface area contributed by atoms with E-state index in [2.05, 4.69) is 16.3 Å². The zero-order valence-corrected chi connectivity index (χ0v) is 6.77. The van der Waals surface area contributed by atoms with Gasteiger partial charge in [0, 0.05) is 5.92 Å². The van der Waals surface area contributed by atoms with Crippen molar-refractivity contribution in [3.05, 3.63) is 11.3 Å². The standard InChI is InChI=1S/C6H11N3S/c1-5(2-3-7)6-8-4-9-10-6/h4-5H,2-3,7H2,1H3. The van der Waals surface area contributed by atoms with Gasteiger partial charge in [-0.3, -0.25) is 0 Å². The van der Waals surface area contributed by atoms with Crippen molar-refractivity contribution in [1.29, 1.82) is 0 Å². The number of nitrogens with two attached hydrogens (primary N) is 1. The molecule has 0 aliphatic rings. The maximum Gasteiger partial charge on any atom is 0.129 e. The van der Waals surface area contributed by atoms with Crippen molar-refractivity contribution in [2.75, 3.05) is 6.54 Å². The van der Waals surface area contributed by atoms with Crippen molar-refractivity contribution in [1.82, 2.24) is 9.36 Å². The van der Waals surface area contributed by atoms with Crippen LogP contribution in [0.15, 0.2) is 6.33 Å². The Morgan fingerprint density at radius 3 is 3.10 bits per heavy atom. The van der Waals surface area contributed by atoms with E-state index in [-0.39, 0.29) is 0 Å². The van der Waals surface area contributed by atoms with Crippen LogP contribution < -0.4 is 5.73 Å². The Morgan fingerprint density at radius 1 is 1.80 bits per heavy atom. The summed E-state index contributed by atoms with van der Waals surface area (Å²) in [5.41, 5.74) is 5.39. The minimum atomic E-state index is 0.470. The molecule has 0 aliphatic heterocycles.